The number of nitrogens with zero attached hydrogens (tertiary/aromatic N) is 3. The normalized spacial score (nSPS) is 10.3. The summed E-state index contributed by atoms with van der Waals surface area (Å²) in [6, 6.07) is 5.80. The maximum Gasteiger partial charge on any atom is 0.269 e. The first-order valence-corrected chi connectivity index (χ1v) is 7.34. The molecule has 0 bridgehead atoms. The second kappa shape index (κ2) is 6.85. The molecule has 0 unspecified atom stereocenters. The van der Waals surface area contributed by atoms with Gasteiger partial charge in [-0.1, -0.05) is 11.6 Å². The Hall–Kier alpha value is -1.99. The summed E-state index contributed by atoms with van der Waals surface area (Å²) in [4.78, 5) is 28.0. The number of carbonyl (C=O) groups is 1. The molecule has 1 aromatic heterocycles. The Labute approximate surface area is 140 Å². The van der Waals surface area contributed by atoms with E-state index in [1.54, 1.807) is 19.3 Å². The summed E-state index contributed by atoms with van der Waals surface area (Å²) < 4.78 is 0.695. The van der Waals surface area contributed by atoms with Crippen molar-refractivity contribution in [2.45, 2.75) is 6.54 Å². The highest BCUT2D eigenvalue weighted by Crippen LogP contribution is 2.23. The Kier molecular flexibility index (Phi) is 5.10. The summed E-state index contributed by atoms with van der Waals surface area (Å²) in [6.45, 7) is 0.159. The molecule has 0 spiro atoms. The molecule has 2 aromatic rings. The number of halogens is 2. The average Bonchev–Trinajstić information content (AvgIpc) is 2.48. The van der Waals surface area contributed by atoms with Crippen LogP contribution >= 0.6 is 27.5 Å². The van der Waals surface area contributed by atoms with Crippen LogP contribution in [0.25, 0.3) is 0 Å². The van der Waals surface area contributed by atoms with Crippen LogP contribution in [0, 0.1) is 10.1 Å². The van der Waals surface area contributed by atoms with Crippen molar-refractivity contribution in [3.05, 3.63) is 67.4 Å². The van der Waals surface area contributed by atoms with Gasteiger partial charge in [0.1, 0.15) is 0 Å². The monoisotopic (exact) mass is 383 g/mol. The molecule has 0 aliphatic carbocycles. The first-order valence-electron chi connectivity index (χ1n) is 6.17. The Balaban J connectivity index is 2.21. The van der Waals surface area contributed by atoms with E-state index in [1.807, 2.05) is 0 Å². The predicted molar refractivity (Wildman–Crippen MR) is 85.8 cm³/mol. The van der Waals surface area contributed by atoms with Crippen LogP contribution in [-0.2, 0) is 6.54 Å². The van der Waals surface area contributed by atoms with E-state index in [4.69, 9.17) is 11.6 Å². The van der Waals surface area contributed by atoms with Gasteiger partial charge in [-0.3, -0.25) is 19.9 Å². The fraction of sp³-hybridized carbons (Fsp3) is 0.143. The number of hydrogen-bond donors (Lipinski definition) is 0. The third kappa shape index (κ3) is 3.80. The van der Waals surface area contributed by atoms with Gasteiger partial charge in [-0.25, -0.2) is 0 Å². The fourth-order valence-corrected chi connectivity index (χ4v) is 2.41. The summed E-state index contributed by atoms with van der Waals surface area (Å²) in [5.74, 6) is -0.253. The van der Waals surface area contributed by atoms with E-state index in [2.05, 4.69) is 20.9 Å². The summed E-state index contributed by atoms with van der Waals surface area (Å²) in [5.41, 5.74) is 0.859. The van der Waals surface area contributed by atoms with E-state index in [-0.39, 0.29) is 18.1 Å². The van der Waals surface area contributed by atoms with Gasteiger partial charge in [0.2, 0.25) is 0 Å². The van der Waals surface area contributed by atoms with Gasteiger partial charge in [0.15, 0.2) is 0 Å². The smallest absolute Gasteiger partial charge is 0.269 e. The van der Waals surface area contributed by atoms with Crippen molar-refractivity contribution in [1.82, 2.24) is 9.88 Å². The SMILES string of the molecule is CN(Cc1cc([N+](=O)[O-])ccc1Cl)C(=O)c1cncc(Br)c1. The van der Waals surface area contributed by atoms with Gasteiger partial charge >= 0.3 is 0 Å². The van der Waals surface area contributed by atoms with Crippen molar-refractivity contribution in [2.24, 2.45) is 0 Å². The molecule has 0 aliphatic heterocycles. The highest BCUT2D eigenvalue weighted by atomic mass is 79.9. The quantitative estimate of drug-likeness (QED) is 0.595. The predicted octanol–water partition coefficient (Wildman–Crippen LogP) is 3.68. The third-order valence-corrected chi connectivity index (χ3v) is 3.75. The number of nitro groups is 1. The lowest BCUT2D eigenvalue weighted by Gasteiger charge is -2.18. The molecule has 0 saturated heterocycles. The number of nitro benzene ring substituents is 1. The Bertz CT molecular complexity index is 739. The Morgan fingerprint density at radius 1 is 1.41 bits per heavy atom. The van der Waals surface area contributed by atoms with Crippen LogP contribution in [0.2, 0.25) is 5.02 Å². The molecular weight excluding hydrogens is 374 g/mol. The average molecular weight is 385 g/mol. The van der Waals surface area contributed by atoms with Crippen molar-refractivity contribution < 1.29 is 9.72 Å². The molecule has 1 heterocycles. The molecule has 0 saturated carbocycles. The lowest BCUT2D eigenvalue weighted by Crippen LogP contribution is -2.26. The molecule has 0 atom stereocenters. The number of pyridine rings is 1. The van der Waals surface area contributed by atoms with Gasteiger partial charge in [-0.2, -0.15) is 0 Å². The Morgan fingerprint density at radius 3 is 2.77 bits per heavy atom. The number of rotatable bonds is 4. The van der Waals surface area contributed by atoms with Crippen molar-refractivity contribution in [2.75, 3.05) is 7.05 Å². The van der Waals surface area contributed by atoms with Gasteiger partial charge in [0.25, 0.3) is 11.6 Å². The lowest BCUT2D eigenvalue weighted by molar-refractivity contribution is -0.384. The number of amides is 1. The molecule has 22 heavy (non-hydrogen) atoms. The zero-order valence-corrected chi connectivity index (χ0v) is 13.8. The van der Waals surface area contributed by atoms with Gasteiger partial charge < -0.3 is 4.90 Å². The van der Waals surface area contributed by atoms with Crippen LogP contribution in [0.4, 0.5) is 5.69 Å². The largest absolute Gasteiger partial charge is 0.337 e. The van der Waals surface area contributed by atoms with E-state index in [0.29, 0.717) is 20.6 Å². The fourth-order valence-electron chi connectivity index (χ4n) is 1.87. The van der Waals surface area contributed by atoms with Crippen LogP contribution in [0.15, 0.2) is 41.1 Å². The van der Waals surface area contributed by atoms with Crippen molar-refractivity contribution >= 4 is 39.1 Å². The molecule has 0 aliphatic rings. The second-order valence-corrected chi connectivity index (χ2v) is 5.91. The van der Waals surface area contributed by atoms with Crippen molar-refractivity contribution in [3.63, 3.8) is 0 Å². The Morgan fingerprint density at radius 2 is 2.14 bits per heavy atom. The van der Waals surface area contributed by atoms with Crippen molar-refractivity contribution in [1.29, 1.82) is 0 Å². The highest BCUT2D eigenvalue weighted by Gasteiger charge is 2.16. The number of aromatic nitrogens is 1. The number of benzene rings is 1. The van der Waals surface area contributed by atoms with Gasteiger partial charge in [-0.05, 0) is 33.6 Å². The standard InChI is InChI=1S/C14H11BrClN3O3/c1-18(14(20)9-4-11(15)7-17-6-9)8-10-5-12(19(21)22)2-3-13(10)16/h2-7H,8H2,1H3. The summed E-state index contributed by atoms with van der Waals surface area (Å²) in [7, 11) is 1.60. The van der Waals surface area contributed by atoms with E-state index in [0.717, 1.165) is 0 Å². The van der Waals surface area contributed by atoms with Gasteiger partial charge in [0, 0.05) is 47.6 Å². The maximum absolute atomic E-state index is 12.3. The minimum absolute atomic E-state index is 0.0654. The van der Waals surface area contributed by atoms with Gasteiger partial charge in [-0.15, -0.1) is 0 Å². The maximum atomic E-state index is 12.3. The summed E-state index contributed by atoms with van der Waals surface area (Å²) in [6.07, 6.45) is 3.03. The molecule has 114 valence electrons. The first-order chi connectivity index (χ1) is 10.4. The number of non-ortho nitro benzene ring substituents is 1. The molecule has 0 fully saturated rings. The highest BCUT2D eigenvalue weighted by molar-refractivity contribution is 9.10. The molecule has 6 nitrogen and oxygen atoms in total. The number of carbonyl (C=O) groups excluding carboxylic acids is 1. The zero-order chi connectivity index (χ0) is 16.3. The van der Waals surface area contributed by atoms with E-state index >= 15 is 0 Å². The first kappa shape index (κ1) is 16.4. The summed E-state index contributed by atoms with van der Waals surface area (Å²) >= 11 is 9.29. The lowest BCUT2D eigenvalue weighted by atomic mass is 10.1. The topological polar surface area (TPSA) is 76.3 Å². The van der Waals surface area contributed by atoms with Crippen LogP contribution in [-0.4, -0.2) is 27.8 Å². The minimum atomic E-state index is -0.500. The second-order valence-electron chi connectivity index (χ2n) is 4.59. The molecule has 0 N–H and O–H groups in total. The molecular formula is C14H11BrClN3O3. The van der Waals surface area contributed by atoms with Crippen LogP contribution in [0.1, 0.15) is 15.9 Å². The van der Waals surface area contributed by atoms with E-state index < -0.39 is 4.92 Å². The molecule has 0 radical (unpaired) electrons. The molecule has 1 amide bonds. The van der Waals surface area contributed by atoms with Crippen molar-refractivity contribution in [3.8, 4) is 0 Å². The molecule has 8 heteroatoms. The zero-order valence-electron chi connectivity index (χ0n) is 11.5. The van der Waals surface area contributed by atoms with Crippen LogP contribution < -0.4 is 0 Å². The van der Waals surface area contributed by atoms with E-state index in [1.165, 1.54) is 29.3 Å². The molecule has 1 aromatic carbocycles. The molecule has 2 rings (SSSR count). The van der Waals surface area contributed by atoms with Crippen LogP contribution in [0.5, 0.6) is 0 Å². The summed E-state index contributed by atoms with van der Waals surface area (Å²) in [5, 5.41) is 11.2. The van der Waals surface area contributed by atoms with Gasteiger partial charge in [0.05, 0.1) is 10.5 Å². The van der Waals surface area contributed by atoms with E-state index in [9.17, 15) is 14.9 Å². The van der Waals surface area contributed by atoms with Crippen LogP contribution in [0.3, 0.4) is 0 Å². The third-order valence-electron chi connectivity index (χ3n) is 2.95. The number of hydrogen-bond acceptors (Lipinski definition) is 4. The minimum Gasteiger partial charge on any atom is -0.337 e.